The Morgan fingerprint density at radius 3 is 2.67 bits per heavy atom. The van der Waals surface area contributed by atoms with Crippen molar-refractivity contribution in [2.24, 2.45) is 0 Å². The van der Waals surface area contributed by atoms with Gasteiger partial charge in [0.15, 0.2) is 6.54 Å². The van der Waals surface area contributed by atoms with E-state index in [1.165, 1.54) is 19.5 Å². The molecule has 1 atom stereocenters. The lowest BCUT2D eigenvalue weighted by molar-refractivity contribution is -1.02. The van der Waals surface area contributed by atoms with E-state index in [9.17, 15) is 4.79 Å². The number of amides is 1. The van der Waals surface area contributed by atoms with Gasteiger partial charge in [-0.05, 0) is 30.5 Å². The van der Waals surface area contributed by atoms with Crippen molar-refractivity contribution in [3.63, 3.8) is 0 Å². The van der Waals surface area contributed by atoms with Gasteiger partial charge in [-0.3, -0.25) is 4.79 Å². The maximum Gasteiger partial charge on any atom is 0.275 e. The molecule has 2 aromatic heterocycles. The largest absolute Gasteiger partial charge is 0.344 e. The van der Waals surface area contributed by atoms with Crippen molar-refractivity contribution in [1.29, 1.82) is 0 Å². The van der Waals surface area contributed by atoms with Gasteiger partial charge in [-0.1, -0.05) is 18.2 Å². The monoisotopic (exact) mass is 402 g/mol. The van der Waals surface area contributed by atoms with E-state index in [0.717, 1.165) is 38.2 Å². The van der Waals surface area contributed by atoms with Gasteiger partial charge in [0.25, 0.3) is 5.91 Å². The van der Waals surface area contributed by atoms with Gasteiger partial charge in [0, 0.05) is 4.88 Å². The Morgan fingerprint density at radius 1 is 1.15 bits per heavy atom. The minimum atomic E-state index is 0.0999. The molecular weight excluding hydrogens is 376 g/mol. The number of nitrogens with one attached hydrogen (secondary N) is 3. The maximum atomic E-state index is 12.3. The molecule has 0 bridgehead atoms. The smallest absolute Gasteiger partial charge is 0.275 e. The highest BCUT2D eigenvalue weighted by molar-refractivity contribution is 7.18. The van der Waals surface area contributed by atoms with Crippen LogP contribution in [0.3, 0.4) is 0 Å². The van der Waals surface area contributed by atoms with Crippen molar-refractivity contribution < 1.29 is 14.6 Å². The Balaban J connectivity index is 1.23. The van der Waals surface area contributed by atoms with Crippen molar-refractivity contribution in [2.45, 2.75) is 19.5 Å². The molecule has 1 amide bonds. The van der Waals surface area contributed by atoms with Crippen LogP contribution in [-0.4, -0.2) is 43.6 Å². The molecule has 1 saturated heterocycles. The molecule has 4 rings (SSSR count). The molecule has 5 nitrogen and oxygen atoms in total. The maximum absolute atomic E-state index is 12.3. The molecule has 0 aliphatic carbocycles. The predicted molar refractivity (Wildman–Crippen MR) is 110 cm³/mol. The number of carbonyl (C=O) groups excluding carboxylic acids is 1. The number of nitrogens with zero attached hydrogens (tertiary/aromatic N) is 1. The standard InChI is InChI=1S/C20H24N4OS2/c1-15(17-7-4-12-26-17)21-19(25)13-23-8-10-24(11-9-23)14-20-22-16-5-2-3-6-18(16)27-20/h2-7,12,15H,8-11,13-14H2,1H3,(H,21,25)/p+2/t15-/m0/s1. The summed E-state index contributed by atoms with van der Waals surface area (Å²) in [6.07, 6.45) is 0. The number of piperazine rings is 1. The van der Waals surface area contributed by atoms with Gasteiger partial charge in [-0.15, -0.1) is 22.7 Å². The number of thiazole rings is 1. The van der Waals surface area contributed by atoms with E-state index < -0.39 is 0 Å². The zero-order valence-electron chi connectivity index (χ0n) is 15.5. The Bertz CT molecular complexity index is 851. The third-order valence-electron chi connectivity index (χ3n) is 5.16. The fourth-order valence-corrected chi connectivity index (χ4v) is 5.42. The molecule has 27 heavy (non-hydrogen) atoms. The van der Waals surface area contributed by atoms with Crippen molar-refractivity contribution in [3.8, 4) is 0 Å². The lowest BCUT2D eigenvalue weighted by Gasteiger charge is -2.29. The van der Waals surface area contributed by atoms with E-state index in [-0.39, 0.29) is 11.9 Å². The van der Waals surface area contributed by atoms with Crippen molar-refractivity contribution in [3.05, 3.63) is 51.7 Å². The number of hydrogen-bond donors (Lipinski definition) is 3. The molecule has 1 aliphatic rings. The van der Waals surface area contributed by atoms with E-state index in [2.05, 4.69) is 41.9 Å². The first-order valence-electron chi connectivity index (χ1n) is 9.52. The Morgan fingerprint density at radius 2 is 1.93 bits per heavy atom. The van der Waals surface area contributed by atoms with Gasteiger partial charge in [-0.25, -0.2) is 4.98 Å². The highest BCUT2D eigenvalue weighted by Gasteiger charge is 2.26. The third kappa shape index (κ3) is 4.73. The van der Waals surface area contributed by atoms with Crippen LogP contribution in [-0.2, 0) is 11.3 Å². The molecule has 3 N–H and O–H groups in total. The van der Waals surface area contributed by atoms with Gasteiger partial charge in [0.2, 0.25) is 0 Å². The van der Waals surface area contributed by atoms with Crippen LogP contribution in [0.15, 0.2) is 41.8 Å². The summed E-state index contributed by atoms with van der Waals surface area (Å²) >= 11 is 3.50. The van der Waals surface area contributed by atoms with Crippen molar-refractivity contribution in [2.75, 3.05) is 32.7 Å². The van der Waals surface area contributed by atoms with E-state index in [4.69, 9.17) is 4.98 Å². The summed E-state index contributed by atoms with van der Waals surface area (Å²) in [5, 5.41) is 6.40. The van der Waals surface area contributed by atoms with Gasteiger partial charge >= 0.3 is 0 Å². The number of para-hydroxylation sites is 1. The summed E-state index contributed by atoms with van der Waals surface area (Å²) in [5.74, 6) is 0.153. The molecule has 1 fully saturated rings. The van der Waals surface area contributed by atoms with Crippen LogP contribution < -0.4 is 15.1 Å². The van der Waals surface area contributed by atoms with E-state index >= 15 is 0 Å². The Hall–Kier alpha value is -1.80. The molecule has 0 spiro atoms. The molecule has 0 radical (unpaired) electrons. The molecule has 1 aromatic carbocycles. The Kier molecular flexibility index (Phi) is 5.83. The van der Waals surface area contributed by atoms with Gasteiger partial charge in [0.1, 0.15) is 37.7 Å². The van der Waals surface area contributed by atoms with Crippen LogP contribution >= 0.6 is 22.7 Å². The van der Waals surface area contributed by atoms with Crippen LogP contribution in [0.2, 0.25) is 0 Å². The first kappa shape index (κ1) is 18.6. The minimum absolute atomic E-state index is 0.0999. The number of rotatable bonds is 6. The average molecular weight is 403 g/mol. The predicted octanol–water partition coefficient (Wildman–Crippen LogP) is 0.519. The Labute approximate surface area is 167 Å². The summed E-state index contributed by atoms with van der Waals surface area (Å²) in [5.41, 5.74) is 1.11. The fraction of sp³-hybridized carbons (Fsp3) is 0.400. The molecule has 1 aliphatic heterocycles. The van der Waals surface area contributed by atoms with E-state index in [0.29, 0.717) is 6.54 Å². The number of quaternary nitrogens is 2. The SMILES string of the molecule is C[C@H](NC(=O)C[NH+]1CC[NH+](Cc2nc3ccccc3s2)CC1)c1cccs1. The molecule has 3 aromatic rings. The number of benzene rings is 1. The van der Waals surface area contributed by atoms with Gasteiger partial charge in [-0.2, -0.15) is 0 Å². The number of hydrogen-bond acceptors (Lipinski definition) is 4. The first-order chi connectivity index (χ1) is 13.2. The summed E-state index contributed by atoms with van der Waals surface area (Å²) in [7, 11) is 0. The van der Waals surface area contributed by atoms with Gasteiger partial charge in [0.05, 0.1) is 16.3 Å². The second-order valence-electron chi connectivity index (χ2n) is 7.23. The quantitative estimate of drug-likeness (QED) is 0.563. The summed E-state index contributed by atoms with van der Waals surface area (Å²) in [6.45, 7) is 7.90. The van der Waals surface area contributed by atoms with Crippen LogP contribution in [0.5, 0.6) is 0 Å². The van der Waals surface area contributed by atoms with Crippen molar-refractivity contribution >= 4 is 38.8 Å². The van der Waals surface area contributed by atoms with Gasteiger partial charge < -0.3 is 15.1 Å². The van der Waals surface area contributed by atoms with E-state index in [1.54, 1.807) is 27.6 Å². The number of thiophene rings is 1. The molecular formula is C20H26N4OS2+2. The van der Waals surface area contributed by atoms with Crippen LogP contribution in [0.4, 0.5) is 0 Å². The highest BCUT2D eigenvalue weighted by Crippen LogP contribution is 2.20. The number of carbonyl (C=O) groups is 1. The lowest BCUT2D eigenvalue weighted by atomic mass is 10.2. The fourth-order valence-electron chi connectivity index (χ4n) is 3.65. The zero-order valence-corrected chi connectivity index (χ0v) is 17.2. The summed E-state index contributed by atoms with van der Waals surface area (Å²) in [6, 6.07) is 12.6. The molecule has 0 unspecified atom stereocenters. The average Bonchev–Trinajstić information content (AvgIpc) is 3.32. The summed E-state index contributed by atoms with van der Waals surface area (Å²) < 4.78 is 1.27. The van der Waals surface area contributed by atoms with E-state index in [1.807, 2.05) is 12.1 Å². The van der Waals surface area contributed by atoms with Crippen LogP contribution in [0.1, 0.15) is 22.9 Å². The molecule has 7 heteroatoms. The second kappa shape index (κ2) is 8.48. The topological polar surface area (TPSA) is 50.9 Å². The number of aromatic nitrogens is 1. The summed E-state index contributed by atoms with van der Waals surface area (Å²) in [4.78, 5) is 21.3. The van der Waals surface area contributed by atoms with Crippen molar-refractivity contribution in [1.82, 2.24) is 10.3 Å². The number of fused-ring (bicyclic) bond motifs is 1. The normalized spacial score (nSPS) is 21.2. The highest BCUT2D eigenvalue weighted by atomic mass is 32.1. The molecule has 0 saturated carbocycles. The minimum Gasteiger partial charge on any atom is -0.344 e. The zero-order chi connectivity index (χ0) is 18.6. The van der Waals surface area contributed by atoms with Crippen LogP contribution in [0.25, 0.3) is 10.2 Å². The third-order valence-corrected chi connectivity index (χ3v) is 7.25. The second-order valence-corrected chi connectivity index (χ2v) is 9.33. The molecule has 142 valence electrons. The lowest BCUT2D eigenvalue weighted by Crippen LogP contribution is -3.28. The first-order valence-corrected chi connectivity index (χ1v) is 11.2. The van der Waals surface area contributed by atoms with Crippen LogP contribution in [0, 0.1) is 0 Å². The molecule has 3 heterocycles.